The number of aromatic carboxylic acids is 1. The van der Waals surface area contributed by atoms with Crippen molar-refractivity contribution in [3.8, 4) is 0 Å². The molecule has 100 valence electrons. The second-order valence-electron chi connectivity index (χ2n) is 4.81. The molecular formula is C13H21N3O2. The molecule has 18 heavy (non-hydrogen) atoms. The largest absolute Gasteiger partial charge is 0.475 e. The van der Waals surface area contributed by atoms with Gasteiger partial charge in [0.15, 0.2) is 0 Å². The predicted octanol–water partition coefficient (Wildman–Crippen LogP) is 1.98. The summed E-state index contributed by atoms with van der Waals surface area (Å²) in [6.45, 7) is 5.65. The van der Waals surface area contributed by atoms with Crippen molar-refractivity contribution in [3.63, 3.8) is 0 Å². The number of hydrogen-bond acceptors (Lipinski definition) is 3. The van der Waals surface area contributed by atoms with E-state index in [1.165, 1.54) is 25.7 Å². The Morgan fingerprint density at radius 3 is 2.56 bits per heavy atom. The number of aromatic nitrogens is 2. The molecule has 1 saturated heterocycles. The van der Waals surface area contributed by atoms with Crippen molar-refractivity contribution in [1.82, 2.24) is 14.5 Å². The zero-order valence-corrected chi connectivity index (χ0v) is 10.9. The molecule has 1 aromatic heterocycles. The molecule has 0 aromatic carbocycles. The molecule has 2 heterocycles. The minimum Gasteiger partial charge on any atom is -0.475 e. The highest BCUT2D eigenvalue weighted by molar-refractivity contribution is 5.83. The summed E-state index contributed by atoms with van der Waals surface area (Å²) in [5.41, 5.74) is 1.01. The van der Waals surface area contributed by atoms with Crippen LogP contribution >= 0.6 is 0 Å². The first kappa shape index (κ1) is 13.1. The van der Waals surface area contributed by atoms with Gasteiger partial charge in [-0.05, 0) is 32.9 Å². The fraction of sp³-hybridized carbons (Fsp3) is 0.692. The van der Waals surface area contributed by atoms with Gasteiger partial charge < -0.3 is 9.67 Å². The molecule has 0 spiro atoms. The van der Waals surface area contributed by atoms with E-state index in [2.05, 4.69) is 9.88 Å². The molecule has 0 amide bonds. The Kier molecular flexibility index (Phi) is 4.36. The molecule has 0 radical (unpaired) electrons. The van der Waals surface area contributed by atoms with Gasteiger partial charge in [0.1, 0.15) is 0 Å². The Bertz CT molecular complexity index is 406. The van der Waals surface area contributed by atoms with Crippen LogP contribution in [0.3, 0.4) is 0 Å². The van der Waals surface area contributed by atoms with Crippen LogP contribution in [0.15, 0.2) is 6.20 Å². The SMILES string of the molecule is CCn1c(CN2CCCCCC2)cnc1C(=O)O. The van der Waals surface area contributed by atoms with Crippen molar-refractivity contribution in [1.29, 1.82) is 0 Å². The molecule has 1 aliphatic rings. The van der Waals surface area contributed by atoms with Crippen LogP contribution in [0.5, 0.6) is 0 Å². The fourth-order valence-corrected chi connectivity index (χ4v) is 2.58. The van der Waals surface area contributed by atoms with Crippen molar-refractivity contribution in [2.75, 3.05) is 13.1 Å². The van der Waals surface area contributed by atoms with Crippen LogP contribution in [-0.4, -0.2) is 38.6 Å². The van der Waals surface area contributed by atoms with Gasteiger partial charge >= 0.3 is 5.97 Å². The van der Waals surface area contributed by atoms with Crippen LogP contribution in [-0.2, 0) is 13.1 Å². The zero-order chi connectivity index (χ0) is 13.0. The Labute approximate surface area is 107 Å². The Balaban J connectivity index is 2.10. The van der Waals surface area contributed by atoms with E-state index in [-0.39, 0.29) is 5.82 Å². The standard InChI is InChI=1S/C13H21N3O2/c1-2-16-11(9-14-12(16)13(17)18)10-15-7-5-3-4-6-8-15/h9H,2-8,10H2,1H3,(H,17,18). The summed E-state index contributed by atoms with van der Waals surface area (Å²) in [5, 5.41) is 9.06. The molecule has 1 fully saturated rings. The lowest BCUT2D eigenvalue weighted by molar-refractivity contribution is 0.0677. The van der Waals surface area contributed by atoms with Gasteiger partial charge in [-0.1, -0.05) is 12.8 Å². The van der Waals surface area contributed by atoms with Crippen LogP contribution in [0.2, 0.25) is 0 Å². The van der Waals surface area contributed by atoms with Crippen molar-refractivity contribution in [2.24, 2.45) is 0 Å². The molecule has 1 aliphatic heterocycles. The van der Waals surface area contributed by atoms with Crippen molar-refractivity contribution >= 4 is 5.97 Å². The number of hydrogen-bond donors (Lipinski definition) is 1. The summed E-state index contributed by atoms with van der Waals surface area (Å²) >= 11 is 0. The van der Waals surface area contributed by atoms with E-state index in [1.807, 2.05) is 6.92 Å². The minimum absolute atomic E-state index is 0.155. The van der Waals surface area contributed by atoms with Gasteiger partial charge in [-0.2, -0.15) is 0 Å². The minimum atomic E-state index is -0.945. The topological polar surface area (TPSA) is 58.4 Å². The number of carbonyl (C=O) groups is 1. The van der Waals surface area contributed by atoms with E-state index in [4.69, 9.17) is 5.11 Å². The summed E-state index contributed by atoms with van der Waals surface area (Å²) in [4.78, 5) is 17.5. The molecule has 5 nitrogen and oxygen atoms in total. The highest BCUT2D eigenvalue weighted by Crippen LogP contribution is 2.14. The monoisotopic (exact) mass is 251 g/mol. The second kappa shape index (κ2) is 6.00. The van der Waals surface area contributed by atoms with Crippen LogP contribution < -0.4 is 0 Å². The van der Waals surface area contributed by atoms with Crippen molar-refractivity contribution in [2.45, 2.75) is 45.7 Å². The van der Waals surface area contributed by atoms with Crippen LogP contribution in [0, 0.1) is 0 Å². The summed E-state index contributed by atoms with van der Waals surface area (Å²) in [6.07, 6.45) is 6.81. The van der Waals surface area contributed by atoms with Crippen molar-refractivity contribution in [3.05, 3.63) is 17.7 Å². The Morgan fingerprint density at radius 1 is 1.33 bits per heavy atom. The van der Waals surface area contributed by atoms with Crippen molar-refractivity contribution < 1.29 is 9.90 Å². The molecule has 0 bridgehead atoms. The molecule has 0 atom stereocenters. The molecule has 0 unspecified atom stereocenters. The van der Waals surface area contributed by atoms with Gasteiger partial charge in [-0.15, -0.1) is 0 Å². The number of nitrogens with zero attached hydrogens (tertiary/aromatic N) is 3. The highest BCUT2D eigenvalue weighted by atomic mass is 16.4. The van der Waals surface area contributed by atoms with Gasteiger partial charge in [-0.25, -0.2) is 9.78 Å². The molecule has 2 rings (SSSR count). The van der Waals surface area contributed by atoms with E-state index in [0.717, 1.165) is 25.3 Å². The summed E-state index contributed by atoms with van der Waals surface area (Å²) in [6, 6.07) is 0. The maximum absolute atomic E-state index is 11.0. The third-order valence-corrected chi connectivity index (χ3v) is 3.53. The summed E-state index contributed by atoms with van der Waals surface area (Å²) < 4.78 is 1.80. The number of rotatable bonds is 4. The molecule has 1 N–H and O–H groups in total. The molecule has 0 saturated carbocycles. The lowest BCUT2D eigenvalue weighted by atomic mass is 10.2. The van der Waals surface area contributed by atoms with E-state index in [9.17, 15) is 4.79 Å². The lowest BCUT2D eigenvalue weighted by Gasteiger charge is -2.20. The average Bonchev–Trinajstić information content (AvgIpc) is 2.57. The summed E-state index contributed by atoms with van der Waals surface area (Å²) in [7, 11) is 0. The Hall–Kier alpha value is -1.36. The van der Waals surface area contributed by atoms with Gasteiger partial charge in [0.25, 0.3) is 0 Å². The van der Waals surface area contributed by atoms with Crippen LogP contribution in [0.1, 0.15) is 48.9 Å². The normalized spacial score (nSPS) is 17.6. The number of imidazole rings is 1. The predicted molar refractivity (Wildman–Crippen MR) is 68.6 cm³/mol. The van der Waals surface area contributed by atoms with E-state index >= 15 is 0 Å². The molecular weight excluding hydrogens is 230 g/mol. The Morgan fingerprint density at radius 2 is 2.00 bits per heavy atom. The molecule has 5 heteroatoms. The fourth-order valence-electron chi connectivity index (χ4n) is 2.58. The van der Waals surface area contributed by atoms with Crippen LogP contribution in [0.4, 0.5) is 0 Å². The molecule has 1 aromatic rings. The van der Waals surface area contributed by atoms with E-state index in [1.54, 1.807) is 10.8 Å². The summed E-state index contributed by atoms with van der Waals surface area (Å²) in [5.74, 6) is -0.790. The van der Waals surface area contributed by atoms with E-state index in [0.29, 0.717) is 6.54 Å². The lowest BCUT2D eigenvalue weighted by Crippen LogP contribution is -2.25. The first-order valence-electron chi connectivity index (χ1n) is 6.72. The van der Waals surface area contributed by atoms with Gasteiger partial charge in [0.05, 0.1) is 11.9 Å². The number of carboxylic acids is 1. The first-order chi connectivity index (χ1) is 8.72. The third kappa shape index (κ3) is 2.90. The van der Waals surface area contributed by atoms with Gasteiger partial charge in [0, 0.05) is 13.1 Å². The maximum atomic E-state index is 11.0. The van der Waals surface area contributed by atoms with Crippen LogP contribution in [0.25, 0.3) is 0 Å². The first-order valence-corrected chi connectivity index (χ1v) is 6.72. The number of likely N-dealkylation sites (tertiary alicyclic amines) is 1. The quantitative estimate of drug-likeness (QED) is 0.889. The van der Waals surface area contributed by atoms with Gasteiger partial charge in [0.2, 0.25) is 5.82 Å². The average molecular weight is 251 g/mol. The smallest absolute Gasteiger partial charge is 0.372 e. The third-order valence-electron chi connectivity index (χ3n) is 3.53. The molecule has 0 aliphatic carbocycles. The zero-order valence-electron chi connectivity index (χ0n) is 10.9. The second-order valence-corrected chi connectivity index (χ2v) is 4.81. The van der Waals surface area contributed by atoms with Gasteiger partial charge in [-0.3, -0.25) is 4.90 Å². The maximum Gasteiger partial charge on any atom is 0.372 e. The highest BCUT2D eigenvalue weighted by Gasteiger charge is 2.17. The number of carboxylic acid groups (broad SMARTS) is 1. The van der Waals surface area contributed by atoms with E-state index < -0.39 is 5.97 Å².